The van der Waals surface area contributed by atoms with Crippen molar-refractivity contribution >= 4 is 11.8 Å². The third-order valence-corrected chi connectivity index (χ3v) is 4.07. The van der Waals surface area contributed by atoms with E-state index in [-0.39, 0.29) is 37.2 Å². The molecule has 2 aliphatic heterocycles. The average molecular weight is 254 g/mol. The van der Waals surface area contributed by atoms with Crippen molar-refractivity contribution in [2.24, 2.45) is 5.92 Å². The van der Waals surface area contributed by atoms with Crippen molar-refractivity contribution in [2.75, 3.05) is 19.6 Å². The summed E-state index contributed by atoms with van der Waals surface area (Å²) < 4.78 is 0. The zero-order chi connectivity index (χ0) is 12.9. The molecule has 2 heterocycles. The summed E-state index contributed by atoms with van der Waals surface area (Å²) in [4.78, 5) is 27.3. The lowest BCUT2D eigenvalue weighted by atomic mass is 10.1. The summed E-state index contributed by atoms with van der Waals surface area (Å²) in [6.07, 6.45) is 0.663. The van der Waals surface area contributed by atoms with E-state index in [0.29, 0.717) is 12.6 Å². The summed E-state index contributed by atoms with van der Waals surface area (Å²) in [5.74, 6) is -0.339. The number of amides is 2. The van der Waals surface area contributed by atoms with Crippen molar-refractivity contribution in [1.82, 2.24) is 9.80 Å². The van der Waals surface area contributed by atoms with Crippen molar-refractivity contribution in [1.29, 1.82) is 0 Å². The van der Waals surface area contributed by atoms with E-state index in [2.05, 4.69) is 0 Å². The second-order valence-corrected chi connectivity index (χ2v) is 5.56. The fourth-order valence-corrected chi connectivity index (χ4v) is 2.84. The zero-order valence-electron chi connectivity index (χ0n) is 10.2. The van der Waals surface area contributed by atoms with Gasteiger partial charge in [-0.05, 0) is 12.8 Å². The van der Waals surface area contributed by atoms with Gasteiger partial charge in [0.2, 0.25) is 11.8 Å². The topological polar surface area (TPSA) is 81.1 Å². The number of aliphatic hydroxyl groups excluding tert-OH is 2. The van der Waals surface area contributed by atoms with Crippen molar-refractivity contribution in [3.05, 3.63) is 0 Å². The Morgan fingerprint density at radius 1 is 1.11 bits per heavy atom. The molecule has 1 aliphatic carbocycles. The maximum absolute atomic E-state index is 12.2. The highest BCUT2D eigenvalue weighted by molar-refractivity contribution is 5.89. The fraction of sp³-hybridized carbons (Fsp3) is 0.833. The molecule has 2 amide bonds. The molecule has 18 heavy (non-hydrogen) atoms. The Hall–Kier alpha value is -1.14. The van der Waals surface area contributed by atoms with Crippen LogP contribution in [0, 0.1) is 5.92 Å². The van der Waals surface area contributed by atoms with Gasteiger partial charge in [-0.15, -0.1) is 0 Å². The minimum absolute atomic E-state index is 0.0659. The molecule has 6 heteroatoms. The van der Waals surface area contributed by atoms with Gasteiger partial charge in [-0.1, -0.05) is 0 Å². The molecule has 3 aliphatic rings. The molecule has 2 N–H and O–H groups in total. The number of nitrogens with zero attached hydrogens (tertiary/aromatic N) is 2. The quantitative estimate of drug-likeness (QED) is 0.632. The van der Waals surface area contributed by atoms with E-state index < -0.39 is 12.2 Å². The molecule has 1 unspecified atom stereocenters. The molecule has 3 fully saturated rings. The van der Waals surface area contributed by atoms with Crippen LogP contribution in [0.15, 0.2) is 0 Å². The number of rotatable bonds is 2. The smallest absolute Gasteiger partial charge is 0.228 e. The predicted molar refractivity (Wildman–Crippen MR) is 61.4 cm³/mol. The first-order chi connectivity index (χ1) is 8.56. The molecule has 1 saturated carbocycles. The molecule has 6 nitrogen and oxygen atoms in total. The van der Waals surface area contributed by atoms with Crippen molar-refractivity contribution in [2.45, 2.75) is 37.5 Å². The first kappa shape index (κ1) is 11.9. The standard InChI is InChI=1S/C12H18N2O4/c15-9-5-13(6-10(9)16)12(18)7-3-11(17)14(4-7)8-1-2-8/h7-10,15-16H,1-6H2/t7?,9-,10+. The lowest BCUT2D eigenvalue weighted by Crippen LogP contribution is -2.37. The van der Waals surface area contributed by atoms with Gasteiger partial charge in [0.05, 0.1) is 18.1 Å². The Balaban J connectivity index is 1.62. The fourth-order valence-electron chi connectivity index (χ4n) is 2.84. The highest BCUT2D eigenvalue weighted by Gasteiger charge is 2.44. The Morgan fingerprint density at radius 2 is 1.72 bits per heavy atom. The molecule has 100 valence electrons. The molecule has 3 atom stereocenters. The number of hydrogen-bond donors (Lipinski definition) is 2. The van der Waals surface area contributed by atoms with E-state index >= 15 is 0 Å². The highest BCUT2D eigenvalue weighted by atomic mass is 16.3. The number of carbonyl (C=O) groups excluding carboxylic acids is 2. The summed E-state index contributed by atoms with van der Waals surface area (Å²) in [5, 5.41) is 18.9. The van der Waals surface area contributed by atoms with Gasteiger partial charge in [0.1, 0.15) is 0 Å². The molecule has 0 spiro atoms. The average Bonchev–Trinajstić information content (AvgIpc) is 3.02. The van der Waals surface area contributed by atoms with Gasteiger partial charge >= 0.3 is 0 Å². The molecular formula is C12H18N2O4. The third kappa shape index (κ3) is 1.99. The van der Waals surface area contributed by atoms with Gasteiger partial charge in [0, 0.05) is 32.1 Å². The molecule has 3 rings (SSSR count). The molecular weight excluding hydrogens is 236 g/mol. The zero-order valence-corrected chi connectivity index (χ0v) is 10.2. The largest absolute Gasteiger partial charge is 0.388 e. The third-order valence-electron chi connectivity index (χ3n) is 4.07. The van der Waals surface area contributed by atoms with Crippen LogP contribution in [-0.4, -0.2) is 69.7 Å². The Bertz CT molecular complexity index is 372. The van der Waals surface area contributed by atoms with Crippen LogP contribution in [0.5, 0.6) is 0 Å². The molecule has 0 aromatic heterocycles. The molecule has 2 saturated heterocycles. The van der Waals surface area contributed by atoms with E-state index in [4.69, 9.17) is 0 Å². The van der Waals surface area contributed by atoms with Crippen molar-refractivity contribution in [3.63, 3.8) is 0 Å². The summed E-state index contributed by atoms with van der Waals surface area (Å²) in [5.41, 5.74) is 0. The van der Waals surface area contributed by atoms with E-state index in [1.165, 1.54) is 4.90 Å². The molecule has 0 aromatic rings. The minimum Gasteiger partial charge on any atom is -0.388 e. The van der Waals surface area contributed by atoms with Crippen LogP contribution in [-0.2, 0) is 9.59 Å². The van der Waals surface area contributed by atoms with Crippen LogP contribution in [0.2, 0.25) is 0 Å². The minimum atomic E-state index is -0.856. The van der Waals surface area contributed by atoms with Crippen LogP contribution < -0.4 is 0 Å². The van der Waals surface area contributed by atoms with E-state index in [1.807, 2.05) is 4.90 Å². The van der Waals surface area contributed by atoms with Crippen molar-refractivity contribution < 1.29 is 19.8 Å². The van der Waals surface area contributed by atoms with Gasteiger partial charge in [0.15, 0.2) is 0 Å². The second-order valence-electron chi connectivity index (χ2n) is 5.56. The van der Waals surface area contributed by atoms with Crippen LogP contribution in [0.3, 0.4) is 0 Å². The second kappa shape index (κ2) is 4.20. The van der Waals surface area contributed by atoms with Crippen LogP contribution >= 0.6 is 0 Å². The van der Waals surface area contributed by atoms with Crippen LogP contribution in [0.1, 0.15) is 19.3 Å². The monoisotopic (exact) mass is 254 g/mol. The summed E-state index contributed by atoms with van der Waals surface area (Å²) in [6, 6.07) is 0.352. The Kier molecular flexibility index (Phi) is 2.79. The Morgan fingerprint density at radius 3 is 2.28 bits per heavy atom. The van der Waals surface area contributed by atoms with Crippen molar-refractivity contribution in [3.8, 4) is 0 Å². The predicted octanol–water partition coefficient (Wildman–Crippen LogP) is -1.44. The number of likely N-dealkylation sites (tertiary alicyclic amines) is 2. The summed E-state index contributed by atoms with van der Waals surface area (Å²) >= 11 is 0. The molecule has 0 aromatic carbocycles. The SMILES string of the molecule is O=C(C1CC(=O)N(C2CC2)C1)N1C[C@@H](O)[C@@H](O)C1. The Labute approximate surface area is 105 Å². The molecule has 0 bridgehead atoms. The highest BCUT2D eigenvalue weighted by Crippen LogP contribution is 2.33. The van der Waals surface area contributed by atoms with Gasteiger partial charge in [-0.2, -0.15) is 0 Å². The maximum atomic E-state index is 12.2. The van der Waals surface area contributed by atoms with Gasteiger partial charge in [-0.3, -0.25) is 9.59 Å². The van der Waals surface area contributed by atoms with Crippen LogP contribution in [0.4, 0.5) is 0 Å². The normalized spacial score (nSPS) is 36.6. The van der Waals surface area contributed by atoms with E-state index in [9.17, 15) is 19.8 Å². The van der Waals surface area contributed by atoms with E-state index in [1.54, 1.807) is 0 Å². The first-order valence-electron chi connectivity index (χ1n) is 6.50. The molecule has 0 radical (unpaired) electrons. The first-order valence-corrected chi connectivity index (χ1v) is 6.50. The summed E-state index contributed by atoms with van der Waals surface area (Å²) in [6.45, 7) is 0.854. The van der Waals surface area contributed by atoms with E-state index in [0.717, 1.165) is 12.8 Å². The summed E-state index contributed by atoms with van der Waals surface area (Å²) in [7, 11) is 0. The number of carbonyl (C=O) groups is 2. The number of β-amino-alcohol motifs (C(OH)–C–C–N with tert-alkyl or cyclic N) is 2. The van der Waals surface area contributed by atoms with Gasteiger partial charge in [0.25, 0.3) is 0 Å². The van der Waals surface area contributed by atoms with Gasteiger partial charge < -0.3 is 20.0 Å². The lowest BCUT2D eigenvalue weighted by Gasteiger charge is -2.20. The number of aliphatic hydroxyl groups is 2. The van der Waals surface area contributed by atoms with Crippen LogP contribution in [0.25, 0.3) is 0 Å². The maximum Gasteiger partial charge on any atom is 0.228 e. The lowest BCUT2D eigenvalue weighted by molar-refractivity contribution is -0.135. The van der Waals surface area contributed by atoms with Gasteiger partial charge in [-0.25, -0.2) is 0 Å². The number of hydrogen-bond acceptors (Lipinski definition) is 4.